The van der Waals surface area contributed by atoms with Crippen molar-refractivity contribution in [2.75, 3.05) is 13.7 Å². The molecule has 0 saturated carbocycles. The molecule has 2 aromatic rings. The van der Waals surface area contributed by atoms with Crippen molar-refractivity contribution in [1.82, 2.24) is 19.9 Å². The predicted octanol–water partition coefficient (Wildman–Crippen LogP) is 0.737. The first-order valence-corrected chi connectivity index (χ1v) is 8.82. The van der Waals surface area contributed by atoms with Crippen LogP contribution in [0.3, 0.4) is 0 Å². The molecular weight excluding hydrogens is 351 g/mol. The van der Waals surface area contributed by atoms with Gasteiger partial charge < -0.3 is 4.74 Å². The van der Waals surface area contributed by atoms with Crippen LogP contribution in [0.5, 0.6) is 0 Å². The molecule has 5 rings (SSSR count). The standard InChI is InChI=1S/C18H17FN6O2/c1-10-12(5-6-27-10)14-8-25(22-21-14)16-17-23(2)18(26)13-7-11(19)3-4-15(13)24(17)9-20-16/h3-4,7-10,12H,5-6H2,1-2H3/p+1. The molecule has 1 saturated heterocycles. The van der Waals surface area contributed by atoms with Gasteiger partial charge in [0.1, 0.15) is 11.4 Å². The van der Waals surface area contributed by atoms with E-state index in [1.165, 1.54) is 17.0 Å². The lowest BCUT2D eigenvalue weighted by atomic mass is 10.00. The smallest absolute Gasteiger partial charge is 0.268 e. The number of benzene rings is 1. The monoisotopic (exact) mass is 369 g/mol. The number of hydrogen-bond acceptors (Lipinski definition) is 5. The minimum atomic E-state index is -0.437. The van der Waals surface area contributed by atoms with Crippen LogP contribution >= 0.6 is 0 Å². The quantitative estimate of drug-likeness (QED) is 0.847. The van der Waals surface area contributed by atoms with Crippen LogP contribution in [0.1, 0.15) is 35.3 Å². The Balaban J connectivity index is 1.58. The van der Waals surface area contributed by atoms with Gasteiger partial charge in [0.2, 0.25) is 12.2 Å². The molecule has 9 heteroatoms. The topological polar surface area (TPSA) is 77.0 Å². The van der Waals surface area contributed by atoms with Crippen molar-refractivity contribution in [3.05, 3.63) is 47.3 Å². The third kappa shape index (κ3) is 2.35. The van der Waals surface area contributed by atoms with Gasteiger partial charge in [-0.15, -0.1) is 5.10 Å². The number of carbonyl (C=O) groups is 1. The number of aliphatic imine (C=N–C) groups is 1. The second-order valence-corrected chi connectivity index (χ2v) is 6.96. The fourth-order valence-corrected chi connectivity index (χ4v) is 3.94. The van der Waals surface area contributed by atoms with Crippen LogP contribution in [0.25, 0.3) is 5.82 Å². The minimum Gasteiger partial charge on any atom is -0.378 e. The summed E-state index contributed by atoms with van der Waals surface area (Å²) in [6.07, 6.45) is 4.54. The molecule has 0 spiro atoms. The summed E-state index contributed by atoms with van der Waals surface area (Å²) in [6.45, 7) is 2.75. The number of rotatable bonds is 2. The van der Waals surface area contributed by atoms with Gasteiger partial charge in [-0.05, 0) is 25.5 Å². The third-order valence-electron chi connectivity index (χ3n) is 5.41. The zero-order valence-electron chi connectivity index (χ0n) is 14.9. The van der Waals surface area contributed by atoms with Crippen LogP contribution < -0.4 is 4.90 Å². The van der Waals surface area contributed by atoms with Crippen molar-refractivity contribution < 1.29 is 18.8 Å². The molecule has 1 aromatic carbocycles. The fraction of sp³-hybridized carbons (Fsp3) is 0.333. The van der Waals surface area contributed by atoms with E-state index in [4.69, 9.17) is 4.74 Å². The Morgan fingerprint density at radius 1 is 1.37 bits per heavy atom. The molecular formula is C18H18FN6O2+. The fourth-order valence-electron chi connectivity index (χ4n) is 3.94. The van der Waals surface area contributed by atoms with Crippen molar-refractivity contribution in [2.24, 2.45) is 4.99 Å². The number of quaternary nitrogens is 1. The average Bonchev–Trinajstić information content (AvgIpc) is 3.37. The van der Waals surface area contributed by atoms with E-state index >= 15 is 0 Å². The molecule has 0 aliphatic carbocycles. The molecule has 3 atom stereocenters. The van der Waals surface area contributed by atoms with E-state index in [-0.39, 0.29) is 17.9 Å². The second-order valence-electron chi connectivity index (χ2n) is 6.96. The summed E-state index contributed by atoms with van der Waals surface area (Å²) in [5.41, 5.74) is 1.86. The Kier molecular flexibility index (Phi) is 3.49. The van der Waals surface area contributed by atoms with Gasteiger partial charge in [0, 0.05) is 25.6 Å². The highest BCUT2D eigenvalue weighted by molar-refractivity contribution is 6.01. The number of nitrogens with zero attached hydrogens (tertiary/aromatic N) is 5. The summed E-state index contributed by atoms with van der Waals surface area (Å²) in [4.78, 5) is 19.5. The summed E-state index contributed by atoms with van der Waals surface area (Å²) < 4.78 is 20.8. The van der Waals surface area contributed by atoms with E-state index in [2.05, 4.69) is 15.3 Å². The Labute approximate surface area is 154 Å². The number of hydrogen-bond donors (Lipinski definition) is 1. The predicted molar refractivity (Wildman–Crippen MR) is 93.6 cm³/mol. The molecule has 1 N–H and O–H groups in total. The Hall–Kier alpha value is -2.91. The molecule has 0 bridgehead atoms. The summed E-state index contributed by atoms with van der Waals surface area (Å²) >= 11 is 0. The second kappa shape index (κ2) is 5.80. The van der Waals surface area contributed by atoms with Crippen LogP contribution in [0.4, 0.5) is 10.1 Å². The van der Waals surface area contributed by atoms with E-state index in [1.54, 1.807) is 24.1 Å². The van der Waals surface area contributed by atoms with E-state index < -0.39 is 5.82 Å². The maximum atomic E-state index is 13.6. The molecule has 138 valence electrons. The molecule has 3 aliphatic heterocycles. The molecule has 0 radical (unpaired) electrons. The molecule has 1 aromatic heterocycles. The number of carbonyl (C=O) groups excluding carboxylic acids is 1. The number of amides is 1. The van der Waals surface area contributed by atoms with Crippen molar-refractivity contribution in [2.45, 2.75) is 25.4 Å². The first-order valence-electron chi connectivity index (χ1n) is 8.82. The average molecular weight is 369 g/mol. The number of ether oxygens (including phenoxy) is 1. The van der Waals surface area contributed by atoms with Gasteiger partial charge in [-0.3, -0.25) is 9.69 Å². The Morgan fingerprint density at radius 2 is 2.22 bits per heavy atom. The summed E-state index contributed by atoms with van der Waals surface area (Å²) in [6, 6.07) is 4.23. The maximum Gasteiger partial charge on any atom is 0.268 e. The lowest BCUT2D eigenvalue weighted by Gasteiger charge is -2.28. The van der Waals surface area contributed by atoms with Crippen LogP contribution in [0.15, 0.2) is 35.2 Å². The lowest BCUT2D eigenvalue weighted by molar-refractivity contribution is -0.685. The molecule has 1 fully saturated rings. The summed E-state index contributed by atoms with van der Waals surface area (Å²) in [7, 11) is 1.66. The van der Waals surface area contributed by atoms with Gasteiger partial charge in [0.05, 0.1) is 18.0 Å². The van der Waals surface area contributed by atoms with Crippen molar-refractivity contribution in [3.63, 3.8) is 0 Å². The maximum absolute atomic E-state index is 13.6. The number of halogens is 1. The molecule has 4 heterocycles. The third-order valence-corrected chi connectivity index (χ3v) is 5.41. The van der Waals surface area contributed by atoms with E-state index in [0.29, 0.717) is 29.5 Å². The lowest BCUT2D eigenvalue weighted by Crippen LogP contribution is -3.06. The van der Waals surface area contributed by atoms with E-state index in [1.807, 2.05) is 13.1 Å². The van der Waals surface area contributed by atoms with E-state index in [0.717, 1.165) is 17.0 Å². The Bertz CT molecular complexity index is 1010. The molecule has 3 unspecified atom stereocenters. The van der Waals surface area contributed by atoms with Gasteiger partial charge >= 0.3 is 0 Å². The highest BCUT2D eigenvalue weighted by Gasteiger charge is 2.42. The number of nitrogens with one attached hydrogen (secondary N) is 1. The van der Waals surface area contributed by atoms with Gasteiger partial charge in [-0.25, -0.2) is 9.29 Å². The highest BCUT2D eigenvalue weighted by Crippen LogP contribution is 2.31. The normalized spacial score (nSPS) is 26.7. The molecule has 8 nitrogen and oxygen atoms in total. The SMILES string of the molecule is CC1OCCC1c1cn(C2=C3N(C)C(=O)c4cc(F)ccc4[NH+]3C=N2)nn1. The summed E-state index contributed by atoms with van der Waals surface area (Å²) in [5.74, 6) is 0.664. The Morgan fingerprint density at radius 3 is 3.00 bits per heavy atom. The molecule has 1 amide bonds. The number of fused-ring (bicyclic) bond motifs is 3. The molecule has 27 heavy (non-hydrogen) atoms. The van der Waals surface area contributed by atoms with Gasteiger partial charge in [0.15, 0.2) is 5.69 Å². The highest BCUT2D eigenvalue weighted by atomic mass is 19.1. The zero-order chi connectivity index (χ0) is 18.7. The zero-order valence-corrected chi connectivity index (χ0v) is 14.9. The van der Waals surface area contributed by atoms with Crippen LogP contribution in [0, 0.1) is 5.82 Å². The summed E-state index contributed by atoms with van der Waals surface area (Å²) in [5, 5.41) is 8.52. The minimum absolute atomic E-state index is 0.0997. The number of aromatic nitrogens is 3. The van der Waals surface area contributed by atoms with Crippen molar-refractivity contribution in [1.29, 1.82) is 0 Å². The van der Waals surface area contributed by atoms with Crippen molar-refractivity contribution in [3.8, 4) is 0 Å². The van der Waals surface area contributed by atoms with Crippen molar-refractivity contribution >= 4 is 23.8 Å². The van der Waals surface area contributed by atoms with Gasteiger partial charge in [-0.2, -0.15) is 9.67 Å². The largest absolute Gasteiger partial charge is 0.378 e. The van der Waals surface area contributed by atoms with Crippen LogP contribution in [0.2, 0.25) is 0 Å². The van der Waals surface area contributed by atoms with E-state index in [9.17, 15) is 9.18 Å². The van der Waals surface area contributed by atoms with Crippen LogP contribution in [-0.4, -0.2) is 51.9 Å². The van der Waals surface area contributed by atoms with Gasteiger partial charge in [-0.1, -0.05) is 5.21 Å². The van der Waals surface area contributed by atoms with Gasteiger partial charge in [0.25, 0.3) is 11.7 Å². The van der Waals surface area contributed by atoms with Crippen LogP contribution in [-0.2, 0) is 4.74 Å². The first-order chi connectivity index (χ1) is 13.0. The first kappa shape index (κ1) is 16.3. The molecule has 3 aliphatic rings.